The molecule has 94 valence electrons. The fraction of sp³-hybridized carbons (Fsp3) is 0.214. The van der Waals surface area contributed by atoms with Crippen molar-refractivity contribution >= 4 is 11.6 Å². The van der Waals surface area contributed by atoms with E-state index in [-0.39, 0.29) is 6.04 Å². The van der Waals surface area contributed by atoms with Crippen molar-refractivity contribution in [1.29, 1.82) is 0 Å². The molecule has 1 aromatic carbocycles. The van der Waals surface area contributed by atoms with Crippen molar-refractivity contribution in [2.75, 3.05) is 6.61 Å². The second kappa shape index (κ2) is 5.85. The molecule has 0 aliphatic rings. The van der Waals surface area contributed by atoms with Crippen LogP contribution in [-0.4, -0.2) is 11.6 Å². The van der Waals surface area contributed by atoms with E-state index >= 15 is 0 Å². The summed E-state index contributed by atoms with van der Waals surface area (Å²) in [6, 6.07) is 10.9. The summed E-state index contributed by atoms with van der Waals surface area (Å²) in [5.41, 5.74) is 7.79. The monoisotopic (exact) mass is 262 g/mol. The Labute approximate surface area is 112 Å². The van der Waals surface area contributed by atoms with E-state index in [1.54, 1.807) is 18.3 Å². The first-order valence-corrected chi connectivity index (χ1v) is 6.19. The Kier molecular flexibility index (Phi) is 4.18. The van der Waals surface area contributed by atoms with E-state index in [0.717, 1.165) is 11.3 Å². The Morgan fingerprint density at radius 1 is 1.28 bits per heavy atom. The van der Waals surface area contributed by atoms with Gasteiger partial charge in [0.05, 0.1) is 23.4 Å². The van der Waals surface area contributed by atoms with Crippen LogP contribution >= 0.6 is 11.6 Å². The number of pyridine rings is 1. The number of nitrogens with two attached hydrogens (primary N) is 1. The number of benzene rings is 1. The average molecular weight is 263 g/mol. The van der Waals surface area contributed by atoms with Gasteiger partial charge in [0.15, 0.2) is 0 Å². The lowest BCUT2D eigenvalue weighted by Gasteiger charge is -2.13. The van der Waals surface area contributed by atoms with Gasteiger partial charge in [0, 0.05) is 6.20 Å². The lowest BCUT2D eigenvalue weighted by Crippen LogP contribution is -2.13. The molecular formula is C14H15ClN2O. The van der Waals surface area contributed by atoms with E-state index in [0.29, 0.717) is 17.3 Å². The van der Waals surface area contributed by atoms with Gasteiger partial charge in [-0.3, -0.25) is 4.98 Å². The van der Waals surface area contributed by atoms with Crippen molar-refractivity contribution in [2.24, 2.45) is 5.73 Å². The molecule has 0 fully saturated rings. The number of hydrogen-bond donors (Lipinski definition) is 1. The van der Waals surface area contributed by atoms with Crippen LogP contribution in [0.2, 0.25) is 5.02 Å². The molecule has 2 rings (SSSR count). The number of nitrogens with zero attached hydrogens (tertiary/aromatic N) is 1. The third-order valence-electron chi connectivity index (χ3n) is 2.63. The van der Waals surface area contributed by atoms with Crippen molar-refractivity contribution < 1.29 is 4.74 Å². The smallest absolute Gasteiger partial charge is 0.119 e. The zero-order valence-electron chi connectivity index (χ0n) is 10.1. The van der Waals surface area contributed by atoms with E-state index in [1.165, 1.54) is 0 Å². The van der Waals surface area contributed by atoms with E-state index < -0.39 is 0 Å². The summed E-state index contributed by atoms with van der Waals surface area (Å²) in [4.78, 5) is 4.23. The molecule has 0 saturated carbocycles. The van der Waals surface area contributed by atoms with Gasteiger partial charge in [-0.2, -0.15) is 0 Å². The fourth-order valence-corrected chi connectivity index (χ4v) is 1.96. The molecule has 2 N–H and O–H groups in total. The average Bonchev–Trinajstić information content (AvgIpc) is 2.40. The molecule has 1 unspecified atom stereocenters. The lowest BCUT2D eigenvalue weighted by atomic mass is 10.0. The van der Waals surface area contributed by atoms with Crippen LogP contribution in [0.3, 0.4) is 0 Å². The van der Waals surface area contributed by atoms with E-state index in [4.69, 9.17) is 22.1 Å². The molecule has 4 heteroatoms. The Morgan fingerprint density at radius 3 is 2.61 bits per heavy atom. The lowest BCUT2D eigenvalue weighted by molar-refractivity contribution is 0.340. The first-order valence-electron chi connectivity index (χ1n) is 5.81. The maximum Gasteiger partial charge on any atom is 0.119 e. The minimum Gasteiger partial charge on any atom is -0.494 e. The normalized spacial score (nSPS) is 12.2. The predicted molar refractivity (Wildman–Crippen MR) is 72.9 cm³/mol. The number of hydrogen-bond acceptors (Lipinski definition) is 3. The SMILES string of the molecule is CCOc1ccc(C(N)c2ncccc2Cl)cc1. The van der Waals surface area contributed by atoms with Crippen LogP contribution in [0.1, 0.15) is 24.2 Å². The highest BCUT2D eigenvalue weighted by molar-refractivity contribution is 6.31. The molecule has 0 radical (unpaired) electrons. The van der Waals surface area contributed by atoms with Crippen LogP contribution in [0, 0.1) is 0 Å². The molecule has 1 atom stereocenters. The van der Waals surface area contributed by atoms with Gasteiger partial charge < -0.3 is 10.5 Å². The predicted octanol–water partition coefficient (Wildman–Crippen LogP) is 3.18. The maximum absolute atomic E-state index is 6.15. The fourth-order valence-electron chi connectivity index (χ4n) is 1.72. The van der Waals surface area contributed by atoms with Crippen LogP contribution in [0.15, 0.2) is 42.6 Å². The molecule has 0 aliphatic carbocycles. The molecule has 0 saturated heterocycles. The van der Waals surface area contributed by atoms with E-state index in [9.17, 15) is 0 Å². The van der Waals surface area contributed by atoms with Gasteiger partial charge in [0.25, 0.3) is 0 Å². The Bertz CT molecular complexity index is 513. The van der Waals surface area contributed by atoms with Gasteiger partial charge >= 0.3 is 0 Å². The van der Waals surface area contributed by atoms with Crippen LogP contribution in [0.5, 0.6) is 5.75 Å². The number of rotatable bonds is 4. The van der Waals surface area contributed by atoms with Gasteiger partial charge in [-0.1, -0.05) is 23.7 Å². The Hall–Kier alpha value is -1.58. The Balaban J connectivity index is 2.23. The zero-order chi connectivity index (χ0) is 13.0. The molecule has 0 spiro atoms. The molecule has 1 heterocycles. The number of halogens is 1. The Morgan fingerprint density at radius 2 is 2.00 bits per heavy atom. The summed E-state index contributed by atoms with van der Waals surface area (Å²) in [7, 11) is 0. The van der Waals surface area contributed by atoms with E-state index in [1.807, 2.05) is 31.2 Å². The third-order valence-corrected chi connectivity index (χ3v) is 2.95. The van der Waals surface area contributed by atoms with Gasteiger partial charge in [0.1, 0.15) is 5.75 Å². The first kappa shape index (κ1) is 12.9. The van der Waals surface area contributed by atoms with Gasteiger partial charge in [-0.05, 0) is 36.8 Å². The van der Waals surface area contributed by atoms with Crippen molar-refractivity contribution in [3.05, 3.63) is 58.9 Å². The minimum atomic E-state index is -0.325. The largest absolute Gasteiger partial charge is 0.494 e. The summed E-state index contributed by atoms with van der Waals surface area (Å²) >= 11 is 6.08. The van der Waals surface area contributed by atoms with Crippen molar-refractivity contribution in [1.82, 2.24) is 4.98 Å². The number of ether oxygens (including phenoxy) is 1. The third kappa shape index (κ3) is 2.81. The second-order valence-corrected chi connectivity index (χ2v) is 4.26. The summed E-state index contributed by atoms with van der Waals surface area (Å²) < 4.78 is 5.39. The summed E-state index contributed by atoms with van der Waals surface area (Å²) in [6.45, 7) is 2.60. The first-order chi connectivity index (χ1) is 8.72. The zero-order valence-corrected chi connectivity index (χ0v) is 10.9. The molecule has 3 nitrogen and oxygen atoms in total. The molecular weight excluding hydrogens is 248 g/mol. The number of aromatic nitrogens is 1. The highest BCUT2D eigenvalue weighted by Crippen LogP contribution is 2.25. The summed E-state index contributed by atoms with van der Waals surface area (Å²) in [6.07, 6.45) is 1.69. The molecule has 0 aliphatic heterocycles. The van der Waals surface area contributed by atoms with Crippen LogP contribution < -0.4 is 10.5 Å². The topological polar surface area (TPSA) is 48.1 Å². The van der Waals surface area contributed by atoms with Crippen LogP contribution in [0.4, 0.5) is 0 Å². The molecule has 0 bridgehead atoms. The molecule has 1 aromatic heterocycles. The van der Waals surface area contributed by atoms with Crippen molar-refractivity contribution in [2.45, 2.75) is 13.0 Å². The summed E-state index contributed by atoms with van der Waals surface area (Å²) in [5, 5.41) is 0.582. The van der Waals surface area contributed by atoms with Gasteiger partial charge in [0.2, 0.25) is 0 Å². The van der Waals surface area contributed by atoms with Crippen molar-refractivity contribution in [3.8, 4) is 5.75 Å². The minimum absolute atomic E-state index is 0.325. The van der Waals surface area contributed by atoms with Crippen LogP contribution in [0.25, 0.3) is 0 Å². The van der Waals surface area contributed by atoms with Gasteiger partial charge in [-0.25, -0.2) is 0 Å². The van der Waals surface area contributed by atoms with E-state index in [2.05, 4.69) is 4.98 Å². The second-order valence-electron chi connectivity index (χ2n) is 3.85. The van der Waals surface area contributed by atoms with Gasteiger partial charge in [-0.15, -0.1) is 0 Å². The molecule has 0 amide bonds. The van der Waals surface area contributed by atoms with Crippen molar-refractivity contribution in [3.63, 3.8) is 0 Å². The highest BCUT2D eigenvalue weighted by Gasteiger charge is 2.13. The van der Waals surface area contributed by atoms with Crippen LogP contribution in [-0.2, 0) is 0 Å². The summed E-state index contributed by atoms with van der Waals surface area (Å²) in [5.74, 6) is 0.834. The molecule has 18 heavy (non-hydrogen) atoms. The highest BCUT2D eigenvalue weighted by atomic mass is 35.5. The maximum atomic E-state index is 6.15. The standard InChI is InChI=1S/C14H15ClN2O/c1-2-18-11-7-5-10(6-8-11)13(16)14-12(15)4-3-9-17-14/h3-9,13H,2,16H2,1H3. The quantitative estimate of drug-likeness (QED) is 0.921. The molecule has 2 aromatic rings.